The molecule has 7 heteroatoms. The lowest BCUT2D eigenvalue weighted by atomic mass is 10.0. The van der Waals surface area contributed by atoms with Gasteiger partial charge < -0.3 is 24.3 Å². The fourth-order valence-electron chi connectivity index (χ4n) is 5.12. The van der Waals surface area contributed by atoms with Gasteiger partial charge >= 0.3 is 0 Å². The lowest BCUT2D eigenvalue weighted by molar-refractivity contribution is -0.176. The van der Waals surface area contributed by atoms with Crippen molar-refractivity contribution >= 4 is 11.7 Å². The van der Waals surface area contributed by atoms with Gasteiger partial charge in [0, 0.05) is 6.54 Å². The molecule has 7 nitrogen and oxygen atoms in total. The summed E-state index contributed by atoms with van der Waals surface area (Å²) in [6.45, 7) is 0.666. The van der Waals surface area contributed by atoms with Crippen LogP contribution in [-0.4, -0.2) is 36.6 Å². The molecular weight excluding hydrogens is 602 g/mol. The molecule has 48 heavy (non-hydrogen) atoms. The molecule has 5 aromatic rings. The Kier molecular flexibility index (Phi) is 13.6. The number of hydrogen-bond acceptors (Lipinski definition) is 6. The maximum atomic E-state index is 14.1. The highest BCUT2D eigenvalue weighted by Gasteiger charge is 2.41. The average Bonchev–Trinajstić information content (AvgIpc) is 3.15. The van der Waals surface area contributed by atoms with Crippen LogP contribution in [0.15, 0.2) is 152 Å². The molecule has 3 atom stereocenters. The highest BCUT2D eigenvalue weighted by molar-refractivity contribution is 5.88. The summed E-state index contributed by atoms with van der Waals surface area (Å²) in [5, 5.41) is 3.00. The van der Waals surface area contributed by atoms with Crippen molar-refractivity contribution in [3.05, 3.63) is 179 Å². The molecule has 1 N–H and O–H groups in total. The maximum Gasteiger partial charge on any atom is 0.252 e. The largest absolute Gasteiger partial charge is 0.369 e. The zero-order chi connectivity index (χ0) is 33.2. The van der Waals surface area contributed by atoms with Crippen LogP contribution >= 0.6 is 0 Å². The third-order valence-corrected chi connectivity index (χ3v) is 7.67. The van der Waals surface area contributed by atoms with Gasteiger partial charge in [0.05, 0.1) is 26.4 Å². The Morgan fingerprint density at radius 2 is 0.833 bits per heavy atom. The van der Waals surface area contributed by atoms with Crippen molar-refractivity contribution in [2.75, 3.05) is 6.61 Å². The minimum atomic E-state index is -1.20. The Balaban J connectivity index is 1.44. The van der Waals surface area contributed by atoms with Crippen LogP contribution in [0.4, 0.5) is 0 Å². The summed E-state index contributed by atoms with van der Waals surface area (Å²) >= 11 is 0. The van der Waals surface area contributed by atoms with Gasteiger partial charge in [-0.15, -0.1) is 0 Å². The predicted octanol–water partition coefficient (Wildman–Crippen LogP) is 6.84. The lowest BCUT2D eigenvalue weighted by Crippen LogP contribution is -2.53. The van der Waals surface area contributed by atoms with E-state index in [0.717, 1.165) is 27.8 Å². The van der Waals surface area contributed by atoms with Crippen LogP contribution in [0.25, 0.3) is 0 Å². The van der Waals surface area contributed by atoms with Gasteiger partial charge in [-0.2, -0.15) is 0 Å². The van der Waals surface area contributed by atoms with Crippen LogP contribution in [0, 0.1) is 0 Å². The first kappa shape index (κ1) is 34.4. The summed E-state index contributed by atoms with van der Waals surface area (Å²) in [6, 6.07) is 48.0. The van der Waals surface area contributed by atoms with E-state index < -0.39 is 24.2 Å². The molecule has 1 amide bonds. The minimum absolute atomic E-state index is 0.123. The van der Waals surface area contributed by atoms with Gasteiger partial charge in [0.2, 0.25) is 0 Å². The fraction of sp³-hybridized carbons (Fsp3) is 0.220. The second-order valence-corrected chi connectivity index (χ2v) is 11.3. The first-order chi connectivity index (χ1) is 23.7. The van der Waals surface area contributed by atoms with Crippen LogP contribution in [0.2, 0.25) is 0 Å². The SMILES string of the molecule is O=C(COCc1ccccc1)[C@@H](OCc1ccccc1)[C@@H](OCc1ccccc1)[C@@H](OCc1ccccc1)C(=O)NCc1ccccc1. The van der Waals surface area contributed by atoms with Crippen molar-refractivity contribution < 1.29 is 28.5 Å². The van der Waals surface area contributed by atoms with Gasteiger partial charge in [-0.05, 0) is 27.8 Å². The van der Waals surface area contributed by atoms with E-state index in [-0.39, 0.29) is 45.4 Å². The summed E-state index contributed by atoms with van der Waals surface area (Å²) in [5.74, 6) is -0.775. The number of nitrogens with one attached hydrogen (secondary N) is 1. The molecule has 0 heterocycles. The van der Waals surface area contributed by atoms with Gasteiger partial charge in [0.25, 0.3) is 5.91 Å². The Bertz CT molecular complexity index is 1640. The van der Waals surface area contributed by atoms with E-state index in [1.54, 1.807) is 0 Å². The van der Waals surface area contributed by atoms with E-state index in [0.29, 0.717) is 0 Å². The van der Waals surface area contributed by atoms with E-state index in [9.17, 15) is 9.59 Å². The number of Topliss-reactive ketones (excluding diaryl/α,β-unsaturated/α-hetero) is 1. The molecule has 0 saturated heterocycles. The van der Waals surface area contributed by atoms with Gasteiger partial charge in [-0.3, -0.25) is 9.59 Å². The highest BCUT2D eigenvalue weighted by Crippen LogP contribution is 2.21. The zero-order valence-electron chi connectivity index (χ0n) is 26.9. The number of rotatable bonds is 19. The molecule has 0 spiro atoms. The number of carbonyl (C=O) groups excluding carboxylic acids is 2. The topological polar surface area (TPSA) is 83.1 Å². The Labute approximate surface area is 282 Å². The second kappa shape index (κ2) is 19.0. The molecule has 5 aromatic carbocycles. The molecule has 0 saturated carbocycles. The maximum absolute atomic E-state index is 14.1. The van der Waals surface area contributed by atoms with Crippen molar-refractivity contribution in [1.82, 2.24) is 5.32 Å². The minimum Gasteiger partial charge on any atom is -0.369 e. The zero-order valence-corrected chi connectivity index (χ0v) is 26.9. The summed E-state index contributed by atoms with van der Waals surface area (Å²) in [4.78, 5) is 28.1. The molecule has 0 radical (unpaired) electrons. The monoisotopic (exact) mass is 643 g/mol. The third kappa shape index (κ3) is 11.1. The molecule has 0 aromatic heterocycles. The Hall–Kier alpha value is -4.92. The normalized spacial score (nSPS) is 12.9. The smallest absolute Gasteiger partial charge is 0.252 e. The predicted molar refractivity (Wildman–Crippen MR) is 184 cm³/mol. The van der Waals surface area contributed by atoms with E-state index in [4.69, 9.17) is 18.9 Å². The van der Waals surface area contributed by atoms with Crippen LogP contribution < -0.4 is 5.32 Å². The molecular formula is C41H41NO6. The molecule has 0 aliphatic rings. The number of ether oxygens (including phenoxy) is 4. The third-order valence-electron chi connectivity index (χ3n) is 7.67. The molecule has 0 aliphatic carbocycles. The molecule has 5 rings (SSSR count). The standard InChI is InChI=1S/C41H41NO6/c43-37(31-45-27-33-18-8-2-9-19-33)38(46-28-34-20-10-3-11-21-34)39(47-29-35-22-12-4-13-23-35)40(48-30-36-24-14-5-15-25-36)41(44)42-26-32-16-6-1-7-17-32/h1-25,38-40H,26-31H2,(H,42,44)/t38-,39-,40-/m1/s1. The molecule has 0 aliphatic heterocycles. The van der Waals surface area contributed by atoms with Crippen molar-refractivity contribution in [2.24, 2.45) is 0 Å². The van der Waals surface area contributed by atoms with Gasteiger partial charge in [0.1, 0.15) is 18.8 Å². The molecule has 246 valence electrons. The average molecular weight is 644 g/mol. The van der Waals surface area contributed by atoms with Crippen LogP contribution in [0.5, 0.6) is 0 Å². The van der Waals surface area contributed by atoms with E-state index in [2.05, 4.69) is 5.32 Å². The van der Waals surface area contributed by atoms with Crippen molar-refractivity contribution in [2.45, 2.75) is 51.3 Å². The van der Waals surface area contributed by atoms with E-state index in [1.807, 2.05) is 152 Å². The Morgan fingerprint density at radius 3 is 1.29 bits per heavy atom. The molecule has 0 bridgehead atoms. The summed E-state index contributed by atoms with van der Waals surface area (Å²) in [5.41, 5.74) is 4.49. The second-order valence-electron chi connectivity index (χ2n) is 11.3. The highest BCUT2D eigenvalue weighted by atomic mass is 16.6. The number of ketones is 1. The first-order valence-electron chi connectivity index (χ1n) is 16.1. The van der Waals surface area contributed by atoms with E-state index in [1.165, 1.54) is 0 Å². The van der Waals surface area contributed by atoms with Crippen molar-refractivity contribution in [3.8, 4) is 0 Å². The van der Waals surface area contributed by atoms with Crippen LogP contribution in [0.1, 0.15) is 27.8 Å². The molecule has 0 unspecified atom stereocenters. The fourth-order valence-corrected chi connectivity index (χ4v) is 5.12. The Morgan fingerprint density at radius 1 is 0.458 bits per heavy atom. The van der Waals surface area contributed by atoms with Crippen LogP contribution in [-0.2, 0) is 61.5 Å². The number of hydrogen-bond donors (Lipinski definition) is 1. The summed E-state index contributed by atoms with van der Waals surface area (Å²) in [7, 11) is 0. The van der Waals surface area contributed by atoms with Gasteiger partial charge in [-0.1, -0.05) is 152 Å². The van der Waals surface area contributed by atoms with Gasteiger partial charge in [0.15, 0.2) is 11.9 Å². The first-order valence-corrected chi connectivity index (χ1v) is 16.1. The quantitative estimate of drug-likeness (QED) is 0.106. The number of carbonyl (C=O) groups is 2. The number of amides is 1. The lowest BCUT2D eigenvalue weighted by Gasteiger charge is -2.32. The number of benzene rings is 5. The van der Waals surface area contributed by atoms with Crippen molar-refractivity contribution in [3.63, 3.8) is 0 Å². The van der Waals surface area contributed by atoms with E-state index >= 15 is 0 Å². The summed E-state index contributed by atoms with van der Waals surface area (Å²) in [6.07, 6.45) is -3.49. The van der Waals surface area contributed by atoms with Crippen molar-refractivity contribution in [1.29, 1.82) is 0 Å². The summed E-state index contributed by atoms with van der Waals surface area (Å²) < 4.78 is 25.1. The van der Waals surface area contributed by atoms with Crippen LogP contribution in [0.3, 0.4) is 0 Å². The molecule has 0 fully saturated rings. The van der Waals surface area contributed by atoms with Gasteiger partial charge in [-0.25, -0.2) is 0 Å².